The van der Waals surface area contributed by atoms with Crippen molar-refractivity contribution < 1.29 is 13.2 Å². The van der Waals surface area contributed by atoms with E-state index in [4.69, 9.17) is 0 Å². The van der Waals surface area contributed by atoms with Crippen LogP contribution >= 0.6 is 0 Å². The average Bonchev–Trinajstić information content (AvgIpc) is 2.83. The minimum absolute atomic E-state index is 0.230. The summed E-state index contributed by atoms with van der Waals surface area (Å²) in [6, 6.07) is 19.0. The first kappa shape index (κ1) is 21.6. The van der Waals surface area contributed by atoms with Gasteiger partial charge in [-0.2, -0.15) is 13.2 Å². The van der Waals surface area contributed by atoms with E-state index in [1.165, 1.54) is 16.7 Å². The Kier molecular flexibility index (Phi) is 5.28. The van der Waals surface area contributed by atoms with Gasteiger partial charge in [-0.15, -0.1) is 0 Å². The molecule has 34 heavy (non-hydrogen) atoms. The predicted molar refractivity (Wildman–Crippen MR) is 126 cm³/mol. The molecule has 1 N–H and O–H groups in total. The number of benzene rings is 2. The van der Waals surface area contributed by atoms with E-state index >= 15 is 0 Å². The molecule has 5 nitrogen and oxygen atoms in total. The highest BCUT2D eigenvalue weighted by molar-refractivity contribution is 5.88. The molecule has 0 bridgehead atoms. The lowest BCUT2D eigenvalue weighted by Gasteiger charge is -2.23. The van der Waals surface area contributed by atoms with Crippen molar-refractivity contribution in [3.63, 3.8) is 0 Å². The van der Waals surface area contributed by atoms with Crippen LogP contribution in [0.4, 0.5) is 18.9 Å². The Morgan fingerprint density at radius 3 is 2.47 bits per heavy atom. The first-order valence-corrected chi connectivity index (χ1v) is 10.6. The minimum Gasteiger partial charge on any atom is -0.375 e. The van der Waals surface area contributed by atoms with Gasteiger partial charge in [-0.3, -0.25) is 19.3 Å². The monoisotopic (exact) mass is 460 g/mol. The van der Waals surface area contributed by atoms with Crippen LogP contribution in [0.15, 0.2) is 90.0 Å². The molecule has 0 aliphatic rings. The number of nitrogens with zero attached hydrogens (tertiary/aromatic N) is 3. The Balaban J connectivity index is 1.74. The van der Waals surface area contributed by atoms with Crippen LogP contribution in [0.1, 0.15) is 24.2 Å². The van der Waals surface area contributed by atoms with Crippen LogP contribution < -0.4 is 10.9 Å². The molecule has 0 aliphatic carbocycles. The summed E-state index contributed by atoms with van der Waals surface area (Å²) in [5.41, 5.74) is 1.39. The fourth-order valence-corrected chi connectivity index (χ4v) is 4.18. The number of halogens is 3. The summed E-state index contributed by atoms with van der Waals surface area (Å²) < 4.78 is 42.6. The van der Waals surface area contributed by atoms with Crippen molar-refractivity contribution in [3.05, 3.63) is 107 Å². The summed E-state index contributed by atoms with van der Waals surface area (Å²) in [6.07, 6.45) is -1.34. The number of nitrogens with one attached hydrogen (secondary N) is 1. The molecule has 3 aromatic heterocycles. The number of pyridine rings is 3. The largest absolute Gasteiger partial charge is 0.417 e. The standard InChI is InChI=1S/C26H19F3N4O/c1-16(32-21-12-14-30-20-11-6-13-31-24(20)21)22-15-17-7-5-10-19(26(27,28)29)23(17)25(34)33(22)18-8-3-2-4-9-18/h2-16H,1H3,(H,30,32). The summed E-state index contributed by atoms with van der Waals surface area (Å²) in [4.78, 5) is 22.3. The average molecular weight is 460 g/mol. The normalized spacial score (nSPS) is 12.7. The van der Waals surface area contributed by atoms with Crippen molar-refractivity contribution in [2.75, 3.05) is 5.32 Å². The first-order valence-electron chi connectivity index (χ1n) is 10.6. The van der Waals surface area contributed by atoms with E-state index in [-0.39, 0.29) is 10.8 Å². The third kappa shape index (κ3) is 3.77. The molecule has 0 spiro atoms. The van der Waals surface area contributed by atoms with Gasteiger partial charge in [0.2, 0.25) is 0 Å². The van der Waals surface area contributed by atoms with E-state index in [2.05, 4.69) is 15.3 Å². The summed E-state index contributed by atoms with van der Waals surface area (Å²) in [5, 5.41) is 3.24. The fraction of sp³-hybridized carbons (Fsp3) is 0.115. The van der Waals surface area contributed by atoms with Gasteiger partial charge >= 0.3 is 6.18 Å². The molecule has 170 valence electrons. The van der Waals surface area contributed by atoms with Gasteiger partial charge in [-0.1, -0.05) is 30.3 Å². The second-order valence-electron chi connectivity index (χ2n) is 7.91. The van der Waals surface area contributed by atoms with Crippen LogP contribution in [-0.2, 0) is 6.18 Å². The molecule has 0 saturated heterocycles. The van der Waals surface area contributed by atoms with Crippen LogP contribution in [0, 0.1) is 0 Å². The Morgan fingerprint density at radius 1 is 0.912 bits per heavy atom. The molecule has 0 radical (unpaired) electrons. The van der Waals surface area contributed by atoms with E-state index in [1.54, 1.807) is 60.9 Å². The zero-order chi connectivity index (χ0) is 23.9. The lowest BCUT2D eigenvalue weighted by Crippen LogP contribution is -2.27. The summed E-state index contributed by atoms with van der Waals surface area (Å²) in [7, 11) is 0. The third-order valence-corrected chi connectivity index (χ3v) is 5.71. The van der Waals surface area contributed by atoms with Gasteiger partial charge in [0.25, 0.3) is 5.56 Å². The number of para-hydroxylation sites is 1. The molecule has 0 amide bonds. The second-order valence-corrected chi connectivity index (χ2v) is 7.91. The van der Waals surface area contributed by atoms with E-state index in [1.807, 2.05) is 13.0 Å². The number of hydrogen-bond donors (Lipinski definition) is 1. The maximum atomic E-state index is 13.8. The minimum atomic E-state index is -4.65. The smallest absolute Gasteiger partial charge is 0.375 e. The van der Waals surface area contributed by atoms with Crippen molar-refractivity contribution in [1.82, 2.24) is 14.5 Å². The van der Waals surface area contributed by atoms with Gasteiger partial charge in [0.05, 0.1) is 28.2 Å². The van der Waals surface area contributed by atoms with E-state index in [9.17, 15) is 18.0 Å². The highest BCUT2D eigenvalue weighted by Crippen LogP contribution is 2.35. The molecule has 1 unspecified atom stereocenters. The second kappa shape index (κ2) is 8.30. The van der Waals surface area contributed by atoms with Crippen molar-refractivity contribution in [1.29, 1.82) is 0 Å². The van der Waals surface area contributed by atoms with Gasteiger partial charge in [0.1, 0.15) is 5.52 Å². The van der Waals surface area contributed by atoms with Crippen molar-refractivity contribution in [2.24, 2.45) is 0 Å². The molecular weight excluding hydrogens is 441 g/mol. The molecule has 2 aromatic carbocycles. The zero-order valence-corrected chi connectivity index (χ0v) is 18.0. The maximum Gasteiger partial charge on any atom is 0.417 e. The fourth-order valence-electron chi connectivity index (χ4n) is 4.18. The van der Waals surface area contributed by atoms with Gasteiger partial charge < -0.3 is 5.32 Å². The number of fused-ring (bicyclic) bond motifs is 2. The van der Waals surface area contributed by atoms with E-state index < -0.39 is 23.3 Å². The van der Waals surface area contributed by atoms with Gasteiger partial charge in [-0.25, -0.2) is 0 Å². The van der Waals surface area contributed by atoms with E-state index in [0.717, 1.165) is 6.07 Å². The molecule has 1 atom stereocenters. The van der Waals surface area contributed by atoms with Crippen LogP contribution in [0.25, 0.3) is 27.5 Å². The molecule has 5 rings (SSSR count). The lowest BCUT2D eigenvalue weighted by molar-refractivity contribution is -0.136. The molecule has 0 fully saturated rings. The summed E-state index contributed by atoms with van der Waals surface area (Å²) in [6.45, 7) is 1.85. The van der Waals surface area contributed by atoms with Crippen LogP contribution in [0.2, 0.25) is 0 Å². The topological polar surface area (TPSA) is 59.8 Å². The highest BCUT2D eigenvalue weighted by Gasteiger charge is 2.34. The molecule has 3 heterocycles. The Hall–Kier alpha value is -4.20. The van der Waals surface area contributed by atoms with Crippen molar-refractivity contribution in [3.8, 4) is 5.69 Å². The summed E-state index contributed by atoms with van der Waals surface area (Å²) >= 11 is 0. The van der Waals surface area contributed by atoms with Gasteiger partial charge in [-0.05, 0) is 54.8 Å². The van der Waals surface area contributed by atoms with Crippen LogP contribution in [0.5, 0.6) is 0 Å². The van der Waals surface area contributed by atoms with Crippen molar-refractivity contribution in [2.45, 2.75) is 19.1 Å². The van der Waals surface area contributed by atoms with E-state index in [0.29, 0.717) is 28.1 Å². The molecule has 8 heteroatoms. The number of anilines is 1. The SMILES string of the molecule is CC(Nc1ccnc2cccnc12)c1cc2cccc(C(F)(F)F)c2c(=O)n1-c1ccccc1. The number of alkyl halides is 3. The predicted octanol–water partition coefficient (Wildman–Crippen LogP) is 6.13. The molecular formula is C26H19F3N4O. The Labute approximate surface area is 192 Å². The zero-order valence-electron chi connectivity index (χ0n) is 18.0. The quantitative estimate of drug-likeness (QED) is 0.351. The van der Waals surface area contributed by atoms with Crippen molar-refractivity contribution >= 4 is 27.5 Å². The molecule has 0 aliphatic heterocycles. The van der Waals surface area contributed by atoms with Gasteiger partial charge in [0, 0.05) is 23.8 Å². The summed E-state index contributed by atoms with van der Waals surface area (Å²) in [5.74, 6) is 0. The Bertz CT molecular complexity index is 1560. The third-order valence-electron chi connectivity index (χ3n) is 5.71. The first-order chi connectivity index (χ1) is 16.3. The van der Waals surface area contributed by atoms with Crippen LogP contribution in [0.3, 0.4) is 0 Å². The lowest BCUT2D eigenvalue weighted by atomic mass is 10.0. The highest BCUT2D eigenvalue weighted by atomic mass is 19.4. The molecule has 5 aromatic rings. The van der Waals surface area contributed by atoms with Gasteiger partial charge in [0.15, 0.2) is 0 Å². The number of aromatic nitrogens is 3. The molecule has 0 saturated carbocycles. The number of hydrogen-bond acceptors (Lipinski definition) is 4. The van der Waals surface area contributed by atoms with Crippen LogP contribution in [-0.4, -0.2) is 14.5 Å². The Morgan fingerprint density at radius 2 is 1.71 bits per heavy atom. The maximum absolute atomic E-state index is 13.8. The number of rotatable bonds is 4.